The number of rotatable bonds is 2. The molecule has 1 fully saturated rings. The number of nitrogens with two attached hydrogens (primary N) is 1. The zero-order valence-electron chi connectivity index (χ0n) is 10.4. The fourth-order valence-electron chi connectivity index (χ4n) is 1.89. The van der Waals surface area contributed by atoms with Crippen molar-refractivity contribution >= 4 is 11.6 Å². The largest absolute Gasteiger partial charge is 0.379 e. The van der Waals surface area contributed by atoms with Crippen molar-refractivity contribution in [3.05, 3.63) is 29.6 Å². The molecule has 2 atom stereocenters. The molecule has 2 rings (SSSR count). The quantitative estimate of drug-likeness (QED) is 0.833. The van der Waals surface area contributed by atoms with Crippen LogP contribution in [0.5, 0.6) is 0 Å². The molecule has 2 unspecified atom stereocenters. The first-order valence-corrected chi connectivity index (χ1v) is 5.82. The Morgan fingerprint density at radius 1 is 1.68 bits per heavy atom. The van der Waals surface area contributed by atoms with Crippen molar-refractivity contribution in [1.29, 1.82) is 5.26 Å². The van der Waals surface area contributed by atoms with Crippen LogP contribution in [0.25, 0.3) is 0 Å². The summed E-state index contributed by atoms with van der Waals surface area (Å²) >= 11 is 0. The molecule has 0 saturated carbocycles. The molecule has 1 aliphatic heterocycles. The summed E-state index contributed by atoms with van der Waals surface area (Å²) < 4.78 is 18.4. The van der Waals surface area contributed by atoms with Crippen molar-refractivity contribution in [2.45, 2.75) is 13.0 Å². The molecule has 0 spiro atoms. The summed E-state index contributed by atoms with van der Waals surface area (Å²) in [5.74, 6) is -0.916. The Kier molecular flexibility index (Phi) is 3.51. The van der Waals surface area contributed by atoms with Gasteiger partial charge in [-0.05, 0) is 25.1 Å². The van der Waals surface area contributed by atoms with E-state index in [9.17, 15) is 9.18 Å². The second kappa shape index (κ2) is 4.96. The van der Waals surface area contributed by atoms with Gasteiger partial charge in [0.05, 0.1) is 24.2 Å². The molecule has 1 amide bonds. The summed E-state index contributed by atoms with van der Waals surface area (Å²) in [6.07, 6.45) is 0. The highest BCUT2D eigenvalue weighted by atomic mass is 19.1. The highest BCUT2D eigenvalue weighted by Crippen LogP contribution is 2.29. The summed E-state index contributed by atoms with van der Waals surface area (Å²) in [4.78, 5) is 12.2. The third kappa shape index (κ3) is 2.43. The molecule has 1 aliphatic rings. The topological polar surface area (TPSA) is 88.1 Å². The van der Waals surface area contributed by atoms with E-state index in [1.165, 1.54) is 12.1 Å². The summed E-state index contributed by atoms with van der Waals surface area (Å²) in [6.45, 7) is 2.29. The van der Waals surface area contributed by atoms with E-state index < -0.39 is 11.2 Å². The third-order valence-electron chi connectivity index (χ3n) is 3.38. The zero-order chi connectivity index (χ0) is 14.0. The molecule has 1 aromatic carbocycles. The zero-order valence-corrected chi connectivity index (χ0v) is 10.4. The molecule has 0 radical (unpaired) electrons. The van der Waals surface area contributed by atoms with Gasteiger partial charge in [-0.3, -0.25) is 4.79 Å². The number of carbonyl (C=O) groups excluding carboxylic acids is 1. The van der Waals surface area contributed by atoms with Gasteiger partial charge in [0.1, 0.15) is 11.9 Å². The van der Waals surface area contributed by atoms with Crippen LogP contribution in [0.2, 0.25) is 0 Å². The van der Waals surface area contributed by atoms with Gasteiger partial charge in [0, 0.05) is 11.7 Å². The lowest BCUT2D eigenvalue weighted by Crippen LogP contribution is -2.47. The van der Waals surface area contributed by atoms with Crippen LogP contribution >= 0.6 is 0 Å². The minimum absolute atomic E-state index is 0.116. The fourth-order valence-corrected chi connectivity index (χ4v) is 1.89. The van der Waals surface area contributed by atoms with Crippen molar-refractivity contribution in [1.82, 2.24) is 0 Å². The Hall–Kier alpha value is -1.97. The Morgan fingerprint density at radius 2 is 2.42 bits per heavy atom. The molecular weight excluding hydrogens is 249 g/mol. The molecule has 19 heavy (non-hydrogen) atoms. The van der Waals surface area contributed by atoms with Crippen LogP contribution in [-0.4, -0.2) is 25.2 Å². The van der Waals surface area contributed by atoms with Crippen LogP contribution < -0.4 is 11.1 Å². The first-order chi connectivity index (χ1) is 8.97. The number of anilines is 1. The molecule has 1 saturated heterocycles. The molecule has 6 heteroatoms. The predicted octanol–water partition coefficient (Wildman–Crippen LogP) is 1.000. The van der Waals surface area contributed by atoms with Gasteiger partial charge in [0.15, 0.2) is 0 Å². The molecule has 1 aromatic rings. The molecule has 0 bridgehead atoms. The third-order valence-corrected chi connectivity index (χ3v) is 3.38. The first kappa shape index (κ1) is 13.5. The van der Waals surface area contributed by atoms with Crippen LogP contribution in [0, 0.1) is 22.6 Å². The summed E-state index contributed by atoms with van der Waals surface area (Å²) in [5.41, 5.74) is 5.28. The number of hydrogen-bond donors (Lipinski definition) is 2. The Morgan fingerprint density at radius 3 is 3.00 bits per heavy atom. The second-order valence-corrected chi connectivity index (χ2v) is 4.80. The SMILES string of the molecule is CC1(C(=O)Nc2ccc(F)c(C#N)c2)COCC1N. The van der Waals surface area contributed by atoms with Gasteiger partial charge in [-0.1, -0.05) is 0 Å². The lowest BCUT2D eigenvalue weighted by atomic mass is 9.85. The predicted molar refractivity (Wildman–Crippen MR) is 66.6 cm³/mol. The monoisotopic (exact) mass is 263 g/mol. The van der Waals surface area contributed by atoms with Gasteiger partial charge in [-0.2, -0.15) is 5.26 Å². The second-order valence-electron chi connectivity index (χ2n) is 4.80. The van der Waals surface area contributed by atoms with Crippen molar-refractivity contribution in [2.75, 3.05) is 18.5 Å². The molecule has 0 aromatic heterocycles. The van der Waals surface area contributed by atoms with Crippen molar-refractivity contribution in [2.24, 2.45) is 11.1 Å². The Balaban J connectivity index is 2.18. The summed E-state index contributed by atoms with van der Waals surface area (Å²) in [7, 11) is 0. The van der Waals surface area contributed by atoms with Gasteiger partial charge >= 0.3 is 0 Å². The molecular formula is C13H14FN3O2. The smallest absolute Gasteiger partial charge is 0.234 e. The number of nitrogens with zero attached hydrogens (tertiary/aromatic N) is 1. The maximum atomic E-state index is 13.2. The van der Waals surface area contributed by atoms with Crippen LogP contribution in [0.4, 0.5) is 10.1 Å². The number of halogens is 1. The first-order valence-electron chi connectivity index (χ1n) is 5.82. The van der Waals surface area contributed by atoms with E-state index >= 15 is 0 Å². The van der Waals surface area contributed by atoms with Gasteiger partial charge < -0.3 is 15.8 Å². The highest BCUT2D eigenvalue weighted by molar-refractivity contribution is 5.96. The number of hydrogen-bond acceptors (Lipinski definition) is 4. The number of carbonyl (C=O) groups is 1. The van der Waals surface area contributed by atoms with Crippen molar-refractivity contribution in [3.8, 4) is 6.07 Å². The standard InChI is InChI=1S/C13H14FN3O2/c1-13(7-19-6-11(13)16)12(18)17-9-2-3-10(14)8(4-9)5-15/h2-4,11H,6-7,16H2,1H3,(H,17,18). The van der Waals surface area contributed by atoms with Crippen molar-refractivity contribution < 1.29 is 13.9 Å². The maximum absolute atomic E-state index is 13.2. The molecule has 0 aliphatic carbocycles. The lowest BCUT2D eigenvalue weighted by molar-refractivity contribution is -0.125. The number of benzene rings is 1. The number of ether oxygens (including phenoxy) is 1. The fraction of sp³-hybridized carbons (Fsp3) is 0.385. The van der Waals surface area contributed by atoms with Crippen LogP contribution in [-0.2, 0) is 9.53 Å². The van der Waals surface area contributed by atoms with E-state index in [0.717, 1.165) is 6.07 Å². The average molecular weight is 263 g/mol. The van der Waals surface area contributed by atoms with E-state index in [-0.39, 0.29) is 24.1 Å². The molecule has 100 valence electrons. The van der Waals surface area contributed by atoms with Gasteiger partial charge in [-0.15, -0.1) is 0 Å². The van der Waals surface area contributed by atoms with Gasteiger partial charge in [0.2, 0.25) is 5.91 Å². The molecule has 5 nitrogen and oxygen atoms in total. The minimum atomic E-state index is -0.818. The number of nitriles is 1. The van der Waals surface area contributed by atoms with E-state index in [2.05, 4.69) is 5.32 Å². The van der Waals surface area contributed by atoms with Crippen molar-refractivity contribution in [3.63, 3.8) is 0 Å². The number of nitrogens with one attached hydrogen (secondary N) is 1. The van der Waals surface area contributed by atoms with Crippen LogP contribution in [0.15, 0.2) is 18.2 Å². The van der Waals surface area contributed by atoms with Gasteiger partial charge in [-0.25, -0.2) is 4.39 Å². The molecule has 1 heterocycles. The number of amides is 1. The average Bonchev–Trinajstić information content (AvgIpc) is 2.73. The normalized spacial score (nSPS) is 25.9. The Labute approximate surface area is 110 Å². The van der Waals surface area contributed by atoms with Crippen LogP contribution in [0.1, 0.15) is 12.5 Å². The molecule has 3 N–H and O–H groups in total. The summed E-state index contributed by atoms with van der Waals surface area (Å²) in [6, 6.07) is 5.17. The Bertz CT molecular complexity index is 555. The van der Waals surface area contributed by atoms with E-state index in [1.54, 1.807) is 13.0 Å². The minimum Gasteiger partial charge on any atom is -0.379 e. The van der Waals surface area contributed by atoms with Gasteiger partial charge in [0.25, 0.3) is 0 Å². The van der Waals surface area contributed by atoms with Crippen LogP contribution in [0.3, 0.4) is 0 Å². The lowest BCUT2D eigenvalue weighted by Gasteiger charge is -2.25. The van der Waals surface area contributed by atoms with E-state index in [0.29, 0.717) is 12.3 Å². The van der Waals surface area contributed by atoms with E-state index in [1.807, 2.05) is 0 Å². The van der Waals surface area contributed by atoms with E-state index in [4.69, 9.17) is 15.7 Å². The highest BCUT2D eigenvalue weighted by Gasteiger charge is 2.44. The maximum Gasteiger partial charge on any atom is 0.234 e. The summed E-state index contributed by atoms with van der Waals surface area (Å²) in [5, 5.41) is 11.4.